The Balaban J connectivity index is 1.52. The molecule has 0 bridgehead atoms. The lowest BCUT2D eigenvalue weighted by molar-refractivity contribution is -0.131. The molecule has 0 atom stereocenters. The van der Waals surface area contributed by atoms with E-state index in [1.165, 1.54) is 0 Å². The molecule has 0 saturated carbocycles. The molecule has 140 valence electrons. The number of carbonyl (C=O) groups excluding carboxylic acids is 1. The first kappa shape index (κ1) is 19.1. The number of halogens is 1. The summed E-state index contributed by atoms with van der Waals surface area (Å²) in [6.45, 7) is 2.75. The molecular weight excluding hydrogens is 362 g/mol. The average molecular weight is 384 g/mol. The first-order valence-corrected chi connectivity index (χ1v) is 9.34. The number of anilines is 1. The van der Waals surface area contributed by atoms with E-state index >= 15 is 0 Å². The molecule has 1 aliphatic rings. The lowest BCUT2D eigenvalue weighted by Crippen LogP contribution is -2.49. The molecule has 2 aromatic rings. The van der Waals surface area contributed by atoms with Crippen LogP contribution in [0.3, 0.4) is 0 Å². The van der Waals surface area contributed by atoms with Crippen molar-refractivity contribution in [3.8, 4) is 11.8 Å². The van der Waals surface area contributed by atoms with Crippen molar-refractivity contribution in [3.63, 3.8) is 0 Å². The van der Waals surface area contributed by atoms with Crippen molar-refractivity contribution in [2.75, 3.05) is 38.2 Å². The zero-order chi connectivity index (χ0) is 19.2. The van der Waals surface area contributed by atoms with Crippen LogP contribution in [0.2, 0.25) is 5.02 Å². The van der Waals surface area contributed by atoms with Gasteiger partial charge in [0.1, 0.15) is 11.8 Å². The van der Waals surface area contributed by atoms with Crippen LogP contribution in [-0.2, 0) is 11.2 Å². The maximum absolute atomic E-state index is 12.5. The van der Waals surface area contributed by atoms with E-state index < -0.39 is 0 Å². The fraction of sp³-hybridized carbons (Fsp3) is 0.333. The third-order valence-electron chi connectivity index (χ3n) is 4.84. The van der Waals surface area contributed by atoms with Crippen molar-refractivity contribution in [2.45, 2.75) is 12.8 Å². The molecule has 1 amide bonds. The molecule has 0 spiro atoms. The second-order valence-corrected chi connectivity index (χ2v) is 6.93. The number of piperazine rings is 1. The maximum Gasteiger partial charge on any atom is 0.223 e. The van der Waals surface area contributed by atoms with Gasteiger partial charge in [0, 0.05) is 37.6 Å². The molecule has 27 heavy (non-hydrogen) atoms. The monoisotopic (exact) mass is 383 g/mol. The van der Waals surface area contributed by atoms with Crippen LogP contribution in [0.25, 0.3) is 0 Å². The topological polar surface area (TPSA) is 56.6 Å². The summed E-state index contributed by atoms with van der Waals surface area (Å²) in [5.41, 5.74) is 2.58. The van der Waals surface area contributed by atoms with Crippen molar-refractivity contribution in [1.29, 1.82) is 5.26 Å². The normalized spacial score (nSPS) is 14.0. The van der Waals surface area contributed by atoms with Crippen molar-refractivity contribution in [3.05, 3.63) is 58.6 Å². The zero-order valence-corrected chi connectivity index (χ0v) is 16.1. The Labute approximate surface area is 164 Å². The van der Waals surface area contributed by atoms with E-state index in [0.29, 0.717) is 43.2 Å². The average Bonchev–Trinajstić information content (AvgIpc) is 2.72. The van der Waals surface area contributed by atoms with Crippen LogP contribution in [0.15, 0.2) is 42.5 Å². The molecule has 1 fully saturated rings. The minimum Gasteiger partial charge on any atom is -0.497 e. The van der Waals surface area contributed by atoms with Crippen LogP contribution in [0.1, 0.15) is 17.5 Å². The number of hydrogen-bond acceptors (Lipinski definition) is 4. The van der Waals surface area contributed by atoms with Gasteiger partial charge < -0.3 is 14.5 Å². The predicted octanol–water partition coefficient (Wildman–Crippen LogP) is 3.50. The van der Waals surface area contributed by atoms with Crippen molar-refractivity contribution < 1.29 is 9.53 Å². The number of nitriles is 1. The van der Waals surface area contributed by atoms with Gasteiger partial charge in [-0.1, -0.05) is 23.7 Å². The maximum atomic E-state index is 12.5. The van der Waals surface area contributed by atoms with Gasteiger partial charge >= 0.3 is 0 Å². The lowest BCUT2D eigenvalue weighted by atomic mass is 10.1. The van der Waals surface area contributed by atoms with Crippen LogP contribution in [0.4, 0.5) is 5.69 Å². The van der Waals surface area contributed by atoms with Crippen LogP contribution < -0.4 is 9.64 Å². The minimum absolute atomic E-state index is 0.169. The van der Waals surface area contributed by atoms with Crippen LogP contribution in [0.5, 0.6) is 5.75 Å². The molecule has 0 aromatic heterocycles. The van der Waals surface area contributed by atoms with E-state index in [9.17, 15) is 10.1 Å². The Bertz CT molecular complexity index is 837. The summed E-state index contributed by atoms with van der Waals surface area (Å²) in [5.74, 6) is 0.988. The summed E-state index contributed by atoms with van der Waals surface area (Å²) >= 11 is 5.97. The van der Waals surface area contributed by atoms with Gasteiger partial charge in [-0.2, -0.15) is 5.26 Å². The zero-order valence-electron chi connectivity index (χ0n) is 15.3. The van der Waals surface area contributed by atoms with Crippen molar-refractivity contribution in [1.82, 2.24) is 4.90 Å². The Hall–Kier alpha value is -2.71. The number of rotatable bonds is 5. The lowest BCUT2D eigenvalue weighted by Gasteiger charge is -2.36. The van der Waals surface area contributed by atoms with E-state index in [1.807, 2.05) is 35.2 Å². The van der Waals surface area contributed by atoms with Gasteiger partial charge in [-0.15, -0.1) is 0 Å². The number of methoxy groups -OCH3 is 1. The SMILES string of the molecule is COc1ccc(CCC(=O)N2CCN(c3ccc(Cl)cc3C#N)CC2)cc1. The first-order chi connectivity index (χ1) is 13.1. The molecule has 1 saturated heterocycles. The van der Waals surface area contributed by atoms with Gasteiger partial charge in [0.15, 0.2) is 0 Å². The Kier molecular flexibility index (Phi) is 6.20. The molecule has 2 aromatic carbocycles. The molecule has 3 rings (SSSR count). The second kappa shape index (κ2) is 8.79. The fourth-order valence-corrected chi connectivity index (χ4v) is 3.44. The van der Waals surface area contributed by atoms with E-state index in [2.05, 4.69) is 11.0 Å². The van der Waals surface area contributed by atoms with Gasteiger partial charge in [0.05, 0.1) is 18.4 Å². The molecular formula is C21H22ClN3O2. The number of hydrogen-bond donors (Lipinski definition) is 0. The summed E-state index contributed by atoms with van der Waals surface area (Å²) in [7, 11) is 1.64. The molecule has 6 heteroatoms. The molecule has 1 heterocycles. The molecule has 5 nitrogen and oxygen atoms in total. The second-order valence-electron chi connectivity index (χ2n) is 6.49. The van der Waals surface area contributed by atoms with Gasteiger partial charge in [-0.05, 0) is 42.3 Å². The smallest absolute Gasteiger partial charge is 0.223 e. The summed E-state index contributed by atoms with van der Waals surface area (Å²) in [6.07, 6.45) is 1.22. The van der Waals surface area contributed by atoms with Crippen LogP contribution in [-0.4, -0.2) is 44.1 Å². The quantitative estimate of drug-likeness (QED) is 0.792. The fourth-order valence-electron chi connectivity index (χ4n) is 3.27. The number of nitrogens with zero attached hydrogens (tertiary/aromatic N) is 3. The number of amides is 1. The van der Waals surface area contributed by atoms with Crippen molar-refractivity contribution >= 4 is 23.2 Å². The molecule has 1 aliphatic heterocycles. The van der Waals surface area contributed by atoms with Gasteiger partial charge in [0.2, 0.25) is 5.91 Å². The minimum atomic E-state index is 0.169. The van der Waals surface area contributed by atoms with E-state index in [0.717, 1.165) is 23.4 Å². The molecule has 0 unspecified atom stereocenters. The van der Waals surface area contributed by atoms with Crippen LogP contribution in [0, 0.1) is 11.3 Å². The summed E-state index contributed by atoms with van der Waals surface area (Å²) in [4.78, 5) is 16.6. The highest BCUT2D eigenvalue weighted by Gasteiger charge is 2.22. The number of benzene rings is 2. The standard InChI is InChI=1S/C21H22ClN3O2/c1-27-19-6-2-16(3-7-19)4-9-21(26)25-12-10-24(11-13-25)20-8-5-18(22)14-17(20)15-23/h2-3,5-8,14H,4,9-13H2,1H3. The van der Waals surface area contributed by atoms with Gasteiger partial charge in [-0.3, -0.25) is 4.79 Å². The third kappa shape index (κ3) is 4.72. The van der Waals surface area contributed by atoms with Gasteiger partial charge in [0.25, 0.3) is 0 Å². The largest absolute Gasteiger partial charge is 0.497 e. The molecule has 0 aliphatic carbocycles. The Morgan fingerprint density at radius 1 is 1.15 bits per heavy atom. The summed E-state index contributed by atoms with van der Waals surface area (Å²) in [6, 6.07) is 15.4. The number of carbonyl (C=O) groups is 1. The highest BCUT2D eigenvalue weighted by atomic mass is 35.5. The Morgan fingerprint density at radius 3 is 2.48 bits per heavy atom. The summed E-state index contributed by atoms with van der Waals surface area (Å²) in [5, 5.41) is 9.88. The molecule has 0 N–H and O–H groups in total. The van der Waals surface area contributed by atoms with E-state index in [-0.39, 0.29) is 5.91 Å². The van der Waals surface area contributed by atoms with Gasteiger partial charge in [-0.25, -0.2) is 0 Å². The number of aryl methyl sites for hydroxylation is 1. The van der Waals surface area contributed by atoms with E-state index in [4.69, 9.17) is 16.3 Å². The molecule has 0 radical (unpaired) electrons. The van der Waals surface area contributed by atoms with E-state index in [1.54, 1.807) is 19.2 Å². The third-order valence-corrected chi connectivity index (χ3v) is 5.07. The highest BCUT2D eigenvalue weighted by molar-refractivity contribution is 6.30. The summed E-state index contributed by atoms with van der Waals surface area (Å²) < 4.78 is 5.15. The van der Waals surface area contributed by atoms with Crippen LogP contribution >= 0.6 is 11.6 Å². The Morgan fingerprint density at radius 2 is 1.85 bits per heavy atom. The highest BCUT2D eigenvalue weighted by Crippen LogP contribution is 2.25. The predicted molar refractivity (Wildman–Crippen MR) is 106 cm³/mol. The number of ether oxygens (including phenoxy) is 1. The first-order valence-electron chi connectivity index (χ1n) is 8.96. The van der Waals surface area contributed by atoms with Crippen molar-refractivity contribution in [2.24, 2.45) is 0 Å².